The molecule has 3 aromatic rings. The van der Waals surface area contributed by atoms with Gasteiger partial charge in [-0.2, -0.15) is 0 Å². The first-order valence-electron chi connectivity index (χ1n) is 12.0. The van der Waals surface area contributed by atoms with Gasteiger partial charge in [0.25, 0.3) is 5.56 Å². The van der Waals surface area contributed by atoms with E-state index in [0.717, 1.165) is 16.5 Å². The number of nitrogens with two attached hydrogens (primary N) is 1. The van der Waals surface area contributed by atoms with E-state index in [9.17, 15) is 19.5 Å². The van der Waals surface area contributed by atoms with Crippen LogP contribution < -0.4 is 26.1 Å². The van der Waals surface area contributed by atoms with Crippen LogP contribution in [0.3, 0.4) is 0 Å². The number of hydrogen-bond acceptors (Lipinski definition) is 9. The predicted molar refractivity (Wildman–Crippen MR) is 131 cm³/mol. The van der Waals surface area contributed by atoms with Crippen molar-refractivity contribution < 1.29 is 28.9 Å². The first kappa shape index (κ1) is 23.4. The summed E-state index contributed by atoms with van der Waals surface area (Å²) in [6.45, 7) is 5.12. The molecule has 0 aliphatic carbocycles. The standard InChI is InChI=1S/C26H26N4O7/c1-4-26(34)16-6-18-21-14(9-30(18)22(31)15(16)10-35-24(26)33)13(8-28-23(32)25(2,3)27)12-5-19-20(37-11-36-19)7-17(12)29-21/h5-7,34H,4,8-11,27H2,1-3H3,(H,28,32)/t26-/m0/s1. The summed E-state index contributed by atoms with van der Waals surface area (Å²) in [7, 11) is 0. The van der Waals surface area contributed by atoms with Crippen molar-refractivity contribution in [2.45, 2.75) is 58.0 Å². The third-order valence-corrected chi connectivity index (χ3v) is 7.31. The highest BCUT2D eigenvalue weighted by Crippen LogP contribution is 2.43. The number of benzene rings is 1. The van der Waals surface area contributed by atoms with E-state index in [-0.39, 0.29) is 55.5 Å². The van der Waals surface area contributed by atoms with Gasteiger partial charge in [-0.15, -0.1) is 0 Å². The largest absolute Gasteiger partial charge is 0.458 e. The lowest BCUT2D eigenvalue weighted by atomic mass is 9.86. The summed E-state index contributed by atoms with van der Waals surface area (Å²) in [5, 5.41) is 14.8. The van der Waals surface area contributed by atoms with Gasteiger partial charge in [-0.3, -0.25) is 9.59 Å². The van der Waals surface area contributed by atoms with E-state index >= 15 is 0 Å². The number of aromatic nitrogens is 2. The lowest BCUT2D eigenvalue weighted by Gasteiger charge is -2.31. The first-order chi connectivity index (χ1) is 17.5. The smallest absolute Gasteiger partial charge is 0.343 e. The molecule has 0 spiro atoms. The van der Waals surface area contributed by atoms with Crippen molar-refractivity contribution in [1.82, 2.24) is 14.9 Å². The number of nitrogens with one attached hydrogen (secondary N) is 1. The summed E-state index contributed by atoms with van der Waals surface area (Å²) in [6.07, 6.45) is 0.0510. The molecule has 4 N–H and O–H groups in total. The Morgan fingerprint density at radius 3 is 2.62 bits per heavy atom. The van der Waals surface area contributed by atoms with Gasteiger partial charge >= 0.3 is 5.97 Å². The number of carbonyl (C=O) groups is 2. The zero-order valence-corrected chi connectivity index (χ0v) is 20.6. The van der Waals surface area contributed by atoms with E-state index in [2.05, 4.69) is 5.32 Å². The molecule has 11 heteroatoms. The molecule has 0 saturated heterocycles. The number of carbonyl (C=O) groups excluding carboxylic acids is 2. The number of rotatable bonds is 4. The van der Waals surface area contributed by atoms with E-state index in [1.807, 2.05) is 6.07 Å². The molecular formula is C26H26N4O7. The van der Waals surface area contributed by atoms with Gasteiger partial charge in [-0.05, 0) is 38.0 Å². The summed E-state index contributed by atoms with van der Waals surface area (Å²) in [6, 6.07) is 5.23. The van der Waals surface area contributed by atoms with Crippen LogP contribution in [0.1, 0.15) is 49.4 Å². The lowest BCUT2D eigenvalue weighted by Crippen LogP contribution is -2.48. The van der Waals surface area contributed by atoms with Gasteiger partial charge < -0.3 is 34.9 Å². The number of nitrogens with zero attached hydrogens (tertiary/aromatic N) is 2. The van der Waals surface area contributed by atoms with E-state index in [1.54, 1.807) is 37.5 Å². The second kappa shape index (κ2) is 7.77. The van der Waals surface area contributed by atoms with Crippen molar-refractivity contribution in [3.63, 3.8) is 0 Å². The van der Waals surface area contributed by atoms with Gasteiger partial charge in [0, 0.05) is 29.1 Å². The molecule has 3 aliphatic heterocycles. The van der Waals surface area contributed by atoms with Crippen LogP contribution in [0.2, 0.25) is 0 Å². The van der Waals surface area contributed by atoms with Crippen LogP contribution in [0.4, 0.5) is 0 Å². The molecule has 0 radical (unpaired) electrons. The van der Waals surface area contributed by atoms with Crippen LogP contribution in [0, 0.1) is 0 Å². The van der Waals surface area contributed by atoms with Gasteiger partial charge in [0.05, 0.1) is 34.6 Å². The average Bonchev–Trinajstić information content (AvgIpc) is 3.46. The molecule has 192 valence electrons. The van der Waals surface area contributed by atoms with Gasteiger partial charge in [0.1, 0.15) is 6.61 Å². The van der Waals surface area contributed by atoms with Crippen LogP contribution in [0.25, 0.3) is 22.3 Å². The molecule has 6 rings (SSSR count). The number of aliphatic hydroxyl groups is 1. The molecule has 11 nitrogen and oxygen atoms in total. The molecule has 0 fully saturated rings. The monoisotopic (exact) mass is 506 g/mol. The second-order valence-electron chi connectivity index (χ2n) is 10.1. The molecule has 2 aromatic heterocycles. The highest BCUT2D eigenvalue weighted by molar-refractivity contribution is 5.92. The van der Waals surface area contributed by atoms with Crippen molar-refractivity contribution in [3.8, 4) is 22.9 Å². The molecule has 1 amide bonds. The Labute approximate surface area is 211 Å². The topological polar surface area (TPSA) is 155 Å². The predicted octanol–water partition coefficient (Wildman–Crippen LogP) is 1.16. The summed E-state index contributed by atoms with van der Waals surface area (Å²) in [5.74, 6) is -0.00873. The molecule has 0 saturated carbocycles. The normalized spacial score (nSPS) is 19.3. The highest BCUT2D eigenvalue weighted by atomic mass is 16.7. The fraction of sp³-hybridized carbons (Fsp3) is 0.385. The Morgan fingerprint density at radius 1 is 1.19 bits per heavy atom. The molecule has 0 bridgehead atoms. The summed E-state index contributed by atoms with van der Waals surface area (Å²) < 4.78 is 17.8. The zero-order chi connectivity index (χ0) is 26.3. The molecule has 3 aliphatic rings. The van der Waals surface area contributed by atoms with Crippen LogP contribution in [-0.4, -0.2) is 38.9 Å². The number of cyclic esters (lactones) is 1. The third-order valence-electron chi connectivity index (χ3n) is 7.31. The molecule has 0 unspecified atom stereocenters. The third kappa shape index (κ3) is 3.34. The number of hydrogen-bond donors (Lipinski definition) is 3. The Hall–Kier alpha value is -3.96. The minimum Gasteiger partial charge on any atom is -0.458 e. The SMILES string of the molecule is CC[C@@]1(O)C(=O)OCc2c1cc1n(c2=O)Cc2c-1nc1cc3c(cc1c2CNC(=O)C(C)(C)N)OCO3. The Bertz CT molecular complexity index is 1590. The maximum Gasteiger partial charge on any atom is 0.343 e. The minimum atomic E-state index is -1.92. The Kier molecular flexibility index (Phi) is 4.92. The van der Waals surface area contributed by atoms with Gasteiger partial charge in [-0.1, -0.05) is 6.92 Å². The van der Waals surface area contributed by atoms with Crippen LogP contribution >= 0.6 is 0 Å². The van der Waals surface area contributed by atoms with E-state index in [1.165, 1.54) is 0 Å². The molecule has 5 heterocycles. The Morgan fingerprint density at radius 2 is 1.92 bits per heavy atom. The van der Waals surface area contributed by atoms with E-state index in [4.69, 9.17) is 24.9 Å². The van der Waals surface area contributed by atoms with Crippen molar-refractivity contribution in [2.24, 2.45) is 5.73 Å². The Balaban J connectivity index is 1.58. The van der Waals surface area contributed by atoms with Crippen molar-refractivity contribution in [3.05, 3.63) is 50.8 Å². The maximum atomic E-state index is 13.6. The summed E-state index contributed by atoms with van der Waals surface area (Å²) >= 11 is 0. The number of ether oxygens (including phenoxy) is 3. The minimum absolute atomic E-state index is 0.0510. The van der Waals surface area contributed by atoms with E-state index < -0.39 is 17.1 Å². The van der Waals surface area contributed by atoms with Gasteiger partial charge in [-0.25, -0.2) is 9.78 Å². The van der Waals surface area contributed by atoms with Crippen LogP contribution in [0.5, 0.6) is 11.5 Å². The number of fused-ring (bicyclic) bond motifs is 6. The maximum absolute atomic E-state index is 13.6. The fourth-order valence-corrected chi connectivity index (χ4v) is 5.15. The zero-order valence-electron chi connectivity index (χ0n) is 20.6. The number of amides is 1. The summed E-state index contributed by atoms with van der Waals surface area (Å²) in [5.41, 5.74) is 6.19. The van der Waals surface area contributed by atoms with Crippen LogP contribution in [-0.2, 0) is 39.6 Å². The van der Waals surface area contributed by atoms with Crippen molar-refractivity contribution in [2.75, 3.05) is 6.79 Å². The quantitative estimate of drug-likeness (QED) is 0.346. The van der Waals surface area contributed by atoms with Gasteiger partial charge in [0.2, 0.25) is 12.7 Å². The number of esters is 1. The average molecular weight is 507 g/mol. The van der Waals surface area contributed by atoms with Crippen molar-refractivity contribution in [1.29, 1.82) is 0 Å². The van der Waals surface area contributed by atoms with E-state index in [0.29, 0.717) is 28.4 Å². The highest BCUT2D eigenvalue weighted by Gasteiger charge is 2.45. The molecule has 1 aromatic carbocycles. The number of pyridine rings is 2. The first-order valence-corrected chi connectivity index (χ1v) is 12.0. The van der Waals surface area contributed by atoms with Crippen LogP contribution in [0.15, 0.2) is 23.0 Å². The fourth-order valence-electron chi connectivity index (χ4n) is 5.15. The molecular weight excluding hydrogens is 480 g/mol. The van der Waals surface area contributed by atoms with Gasteiger partial charge in [0.15, 0.2) is 17.1 Å². The summed E-state index contributed by atoms with van der Waals surface area (Å²) in [4.78, 5) is 43.5. The lowest BCUT2D eigenvalue weighted by molar-refractivity contribution is -0.172. The van der Waals surface area contributed by atoms with Crippen molar-refractivity contribution >= 4 is 22.8 Å². The molecule has 1 atom stereocenters. The molecule has 37 heavy (non-hydrogen) atoms. The second-order valence-corrected chi connectivity index (χ2v) is 10.1.